The molecule has 0 amide bonds. The first-order chi connectivity index (χ1) is 14.0. The third-order valence-electron chi connectivity index (χ3n) is 5.76. The van der Waals surface area contributed by atoms with Crippen LogP contribution in [0.25, 0.3) is 0 Å². The summed E-state index contributed by atoms with van der Waals surface area (Å²) in [5.41, 5.74) is 2.99. The number of nitrogens with zero attached hydrogens (tertiary/aromatic N) is 2. The summed E-state index contributed by atoms with van der Waals surface area (Å²) < 4.78 is 13.8. The molecule has 4 nitrogen and oxygen atoms in total. The third kappa shape index (κ3) is 7.23. The van der Waals surface area contributed by atoms with Gasteiger partial charge in [-0.2, -0.15) is 0 Å². The molecule has 6 heteroatoms. The molecule has 1 fully saturated rings. The number of aryl methyl sites for hydroxylation is 1. The quantitative estimate of drug-likeness (QED) is 0.318. The topological polar surface area (TPSA) is 39.7 Å². The van der Waals surface area contributed by atoms with Gasteiger partial charge in [0, 0.05) is 26.7 Å². The molecule has 1 heterocycles. The van der Waals surface area contributed by atoms with Crippen molar-refractivity contribution in [1.29, 1.82) is 0 Å². The van der Waals surface area contributed by atoms with E-state index in [1.165, 1.54) is 12.0 Å². The van der Waals surface area contributed by atoms with E-state index in [1.54, 1.807) is 20.0 Å². The molecule has 1 aliphatic rings. The fraction of sp³-hybridized carbons (Fsp3) is 0.458. The van der Waals surface area contributed by atoms with Gasteiger partial charge in [0.1, 0.15) is 5.82 Å². The lowest BCUT2D eigenvalue weighted by molar-refractivity contribution is 0.328. The van der Waals surface area contributed by atoms with Gasteiger partial charge in [-0.1, -0.05) is 42.5 Å². The minimum Gasteiger partial charge on any atom is -0.356 e. The number of likely N-dealkylation sites (tertiary alicyclic amines) is 1. The van der Waals surface area contributed by atoms with Crippen molar-refractivity contribution in [3.8, 4) is 0 Å². The van der Waals surface area contributed by atoms with Crippen LogP contribution in [-0.4, -0.2) is 44.1 Å². The molecular weight excluding hydrogens is 490 g/mol. The maximum absolute atomic E-state index is 13.8. The number of hydrogen-bond donors (Lipinski definition) is 2. The summed E-state index contributed by atoms with van der Waals surface area (Å²) >= 11 is 0. The van der Waals surface area contributed by atoms with E-state index in [-0.39, 0.29) is 35.8 Å². The van der Waals surface area contributed by atoms with Crippen molar-refractivity contribution >= 4 is 29.9 Å². The van der Waals surface area contributed by atoms with Crippen LogP contribution in [0.2, 0.25) is 0 Å². The van der Waals surface area contributed by atoms with Gasteiger partial charge in [-0.05, 0) is 61.9 Å². The lowest BCUT2D eigenvalue weighted by atomic mass is 10.1. The minimum absolute atomic E-state index is 0. The molecule has 2 aromatic carbocycles. The van der Waals surface area contributed by atoms with Crippen molar-refractivity contribution in [2.24, 2.45) is 10.9 Å². The van der Waals surface area contributed by atoms with E-state index in [0.717, 1.165) is 44.1 Å². The van der Waals surface area contributed by atoms with E-state index in [4.69, 9.17) is 0 Å². The number of guanidine groups is 1. The monoisotopic (exact) mass is 524 g/mol. The molecule has 0 radical (unpaired) electrons. The predicted molar refractivity (Wildman–Crippen MR) is 134 cm³/mol. The van der Waals surface area contributed by atoms with Gasteiger partial charge >= 0.3 is 0 Å². The summed E-state index contributed by atoms with van der Waals surface area (Å²) in [6.07, 6.45) is 2.31. The Kier molecular flexibility index (Phi) is 10.0. The Labute approximate surface area is 197 Å². The predicted octanol–water partition coefficient (Wildman–Crippen LogP) is 4.54. The van der Waals surface area contributed by atoms with Gasteiger partial charge in [-0.25, -0.2) is 4.39 Å². The van der Waals surface area contributed by atoms with E-state index in [0.29, 0.717) is 11.5 Å². The average molecular weight is 524 g/mol. The van der Waals surface area contributed by atoms with Crippen LogP contribution in [0.15, 0.2) is 53.5 Å². The fourth-order valence-corrected chi connectivity index (χ4v) is 3.82. The Morgan fingerprint density at radius 2 is 2.00 bits per heavy atom. The Morgan fingerprint density at radius 3 is 2.70 bits per heavy atom. The van der Waals surface area contributed by atoms with Gasteiger partial charge in [0.15, 0.2) is 5.96 Å². The largest absolute Gasteiger partial charge is 0.356 e. The molecule has 2 atom stereocenters. The fourth-order valence-electron chi connectivity index (χ4n) is 3.82. The second-order valence-corrected chi connectivity index (χ2v) is 8.02. The van der Waals surface area contributed by atoms with Gasteiger partial charge in [0.05, 0.1) is 6.04 Å². The number of benzene rings is 2. The SMILES string of the molecule is CN=C(NCC1CCN(CCc2ccccc2)C1)NC(C)c1ccc(C)c(F)c1.I. The van der Waals surface area contributed by atoms with Gasteiger partial charge < -0.3 is 15.5 Å². The van der Waals surface area contributed by atoms with E-state index in [2.05, 4.69) is 50.9 Å². The Hall–Kier alpha value is -1.67. The number of hydrogen-bond acceptors (Lipinski definition) is 2. The van der Waals surface area contributed by atoms with Crippen LogP contribution in [0.3, 0.4) is 0 Å². The van der Waals surface area contributed by atoms with Crippen LogP contribution < -0.4 is 10.6 Å². The average Bonchev–Trinajstić information content (AvgIpc) is 3.20. The third-order valence-corrected chi connectivity index (χ3v) is 5.76. The number of nitrogens with one attached hydrogen (secondary N) is 2. The zero-order chi connectivity index (χ0) is 20.6. The van der Waals surface area contributed by atoms with E-state index in [1.807, 2.05) is 19.1 Å². The molecule has 0 saturated carbocycles. The Bertz CT molecular complexity index is 812. The number of halogens is 2. The lowest BCUT2D eigenvalue weighted by Crippen LogP contribution is -2.41. The molecule has 2 unspecified atom stereocenters. The Balaban J connectivity index is 0.00000320. The first-order valence-electron chi connectivity index (χ1n) is 10.5. The van der Waals surface area contributed by atoms with Crippen LogP contribution in [0.5, 0.6) is 0 Å². The molecular formula is C24H34FIN4. The van der Waals surface area contributed by atoms with Crippen molar-refractivity contribution in [1.82, 2.24) is 15.5 Å². The maximum atomic E-state index is 13.8. The van der Waals surface area contributed by atoms with Gasteiger partial charge in [-0.3, -0.25) is 4.99 Å². The highest BCUT2D eigenvalue weighted by molar-refractivity contribution is 14.0. The maximum Gasteiger partial charge on any atom is 0.191 e. The van der Waals surface area contributed by atoms with Crippen LogP contribution in [0, 0.1) is 18.7 Å². The zero-order valence-electron chi connectivity index (χ0n) is 18.2. The first kappa shape index (κ1) is 24.6. The second-order valence-electron chi connectivity index (χ2n) is 8.02. The van der Waals surface area contributed by atoms with E-state index < -0.39 is 0 Å². The molecule has 0 aliphatic carbocycles. The minimum atomic E-state index is -0.166. The van der Waals surface area contributed by atoms with Crippen LogP contribution in [0.4, 0.5) is 4.39 Å². The highest BCUT2D eigenvalue weighted by atomic mass is 127. The summed E-state index contributed by atoms with van der Waals surface area (Å²) in [5.74, 6) is 1.22. The molecule has 0 aromatic heterocycles. The number of aliphatic imine (C=N–C) groups is 1. The van der Waals surface area contributed by atoms with Gasteiger partial charge in [0.25, 0.3) is 0 Å². The zero-order valence-corrected chi connectivity index (χ0v) is 20.5. The number of rotatable bonds is 7. The normalized spacial score (nSPS) is 18.0. The highest BCUT2D eigenvalue weighted by Gasteiger charge is 2.22. The molecule has 2 N–H and O–H groups in total. The van der Waals surface area contributed by atoms with Crippen molar-refractivity contribution < 1.29 is 4.39 Å². The molecule has 164 valence electrons. The van der Waals surface area contributed by atoms with Crippen LogP contribution in [-0.2, 0) is 6.42 Å². The molecule has 2 aromatic rings. The van der Waals surface area contributed by atoms with E-state index >= 15 is 0 Å². The summed E-state index contributed by atoms with van der Waals surface area (Å²) in [6, 6.07) is 16.1. The van der Waals surface area contributed by atoms with Crippen molar-refractivity contribution in [3.05, 3.63) is 71.0 Å². The highest BCUT2D eigenvalue weighted by Crippen LogP contribution is 2.17. The first-order valence-corrected chi connectivity index (χ1v) is 10.5. The molecule has 3 rings (SSSR count). The molecule has 1 aliphatic heterocycles. The summed E-state index contributed by atoms with van der Waals surface area (Å²) in [6.45, 7) is 8.10. The summed E-state index contributed by atoms with van der Waals surface area (Å²) in [7, 11) is 1.78. The van der Waals surface area contributed by atoms with E-state index in [9.17, 15) is 4.39 Å². The van der Waals surface area contributed by atoms with Gasteiger partial charge in [-0.15, -0.1) is 24.0 Å². The lowest BCUT2D eigenvalue weighted by Gasteiger charge is -2.20. The smallest absolute Gasteiger partial charge is 0.191 e. The van der Waals surface area contributed by atoms with Crippen LogP contribution in [0.1, 0.15) is 36.1 Å². The Morgan fingerprint density at radius 1 is 1.23 bits per heavy atom. The van der Waals surface area contributed by atoms with Crippen molar-refractivity contribution in [2.45, 2.75) is 32.7 Å². The molecule has 0 spiro atoms. The molecule has 1 saturated heterocycles. The van der Waals surface area contributed by atoms with Gasteiger partial charge in [0.2, 0.25) is 0 Å². The van der Waals surface area contributed by atoms with Crippen molar-refractivity contribution in [2.75, 3.05) is 33.2 Å². The van der Waals surface area contributed by atoms with Crippen molar-refractivity contribution in [3.63, 3.8) is 0 Å². The van der Waals surface area contributed by atoms with Crippen LogP contribution >= 0.6 is 24.0 Å². The molecule has 30 heavy (non-hydrogen) atoms. The molecule has 0 bridgehead atoms. The second kappa shape index (κ2) is 12.2. The summed E-state index contributed by atoms with van der Waals surface area (Å²) in [4.78, 5) is 6.89. The standard InChI is InChI=1S/C24H33FN4.HI/c1-18-9-10-22(15-23(18)25)19(2)28-24(26-3)27-16-21-12-14-29(17-21)13-11-20-7-5-4-6-8-20;/h4-10,15,19,21H,11-14,16-17H2,1-3H3,(H2,26,27,28);1H. The summed E-state index contributed by atoms with van der Waals surface area (Å²) in [5, 5.41) is 6.82.